The zero-order valence-electron chi connectivity index (χ0n) is 5.74. The molecule has 0 saturated carbocycles. The Morgan fingerprint density at radius 3 is 3.22 bits per heavy atom. The van der Waals surface area contributed by atoms with Crippen LogP contribution >= 0.6 is 0 Å². The maximum Gasteiger partial charge on any atom is 0.333 e. The van der Waals surface area contributed by atoms with Crippen LogP contribution in [0.1, 0.15) is 0 Å². The highest BCUT2D eigenvalue weighted by atomic mass is 16.4. The van der Waals surface area contributed by atoms with Crippen molar-refractivity contribution in [3.8, 4) is 0 Å². The van der Waals surface area contributed by atoms with Crippen LogP contribution < -0.4 is 5.31 Å². The average molecular weight is 126 g/mol. The molecule has 0 unspecified atom stereocenters. The molecule has 0 aliphatic carbocycles. The van der Waals surface area contributed by atoms with Crippen molar-refractivity contribution >= 4 is 5.97 Å². The topological polar surface area (TPSA) is 49.3 Å². The number of carboxylic acid groups (broad SMARTS) is 1. The highest BCUT2D eigenvalue weighted by Gasteiger charge is 2.05. The summed E-state index contributed by atoms with van der Waals surface area (Å²) in [5, 5.41) is 9.52. The van der Waals surface area contributed by atoms with E-state index in [1.165, 1.54) is 12.3 Å². The third kappa shape index (κ3) is 1.32. The van der Waals surface area contributed by atoms with Gasteiger partial charge in [-0.25, -0.2) is 4.79 Å². The molecule has 1 heterocycles. The summed E-state index contributed by atoms with van der Waals surface area (Å²) < 4.78 is 7.04. The Morgan fingerprint density at radius 2 is 2.78 bits per heavy atom. The van der Waals surface area contributed by atoms with Crippen LogP contribution in [-0.4, -0.2) is 17.6 Å². The Kier molecular flexibility index (Phi) is 1.20. The second kappa shape index (κ2) is 2.35. The lowest BCUT2D eigenvalue weighted by Crippen LogP contribution is -2.17. The summed E-state index contributed by atoms with van der Waals surface area (Å²) in [6.07, 6.45) is 4.54. The van der Waals surface area contributed by atoms with Crippen molar-refractivity contribution in [3.05, 3.63) is 23.9 Å². The van der Waals surface area contributed by atoms with Crippen LogP contribution in [0.25, 0.3) is 0 Å². The first-order chi connectivity index (χ1) is 4.70. The van der Waals surface area contributed by atoms with E-state index in [0.717, 1.165) is 5.31 Å². The fourth-order valence-electron chi connectivity index (χ4n) is 0.563. The maximum atomic E-state index is 10.3. The first-order valence-electron chi connectivity index (χ1n) is 3.01. The van der Waals surface area contributed by atoms with Gasteiger partial charge in [-0.3, -0.25) is 0 Å². The predicted octanol–water partition coefficient (Wildman–Crippen LogP) is 0.114. The Balaban J connectivity index is 2.71. The molecule has 0 aromatic carbocycles. The minimum Gasteiger partial charge on any atom is -0.478 e. The molecule has 48 valence electrons. The number of allylic oxidation sites excluding steroid dienone is 2. The van der Waals surface area contributed by atoms with E-state index >= 15 is 0 Å². The fraction of sp³-hybridized carbons (Fsp3) is 0.167. The fourth-order valence-corrected chi connectivity index (χ4v) is 0.563. The van der Waals surface area contributed by atoms with Crippen LogP contribution in [0.2, 0.25) is 1.41 Å². The van der Waals surface area contributed by atoms with Crippen molar-refractivity contribution in [3.63, 3.8) is 0 Å². The first kappa shape index (κ1) is 4.61. The Bertz CT molecular complexity index is 210. The largest absolute Gasteiger partial charge is 0.478 e. The van der Waals surface area contributed by atoms with Crippen LogP contribution in [0.5, 0.6) is 0 Å². The normalized spacial score (nSPS) is 18.9. The molecule has 2 N–H and O–H groups in total. The molecule has 0 fully saturated rings. The molecule has 0 aromatic heterocycles. The molecular formula is C6H7NO2. The van der Waals surface area contributed by atoms with Gasteiger partial charge in [0.05, 0.1) is 5.57 Å². The van der Waals surface area contributed by atoms with Gasteiger partial charge < -0.3 is 10.4 Å². The third-order valence-electron chi connectivity index (χ3n) is 1.03. The molecule has 1 aliphatic heterocycles. The summed E-state index contributed by atoms with van der Waals surface area (Å²) >= 11 is 0. The number of hydrogen-bond donors (Lipinski definition) is 2. The van der Waals surface area contributed by atoms with Crippen molar-refractivity contribution in [1.82, 2.24) is 5.31 Å². The van der Waals surface area contributed by atoms with Crippen LogP contribution in [0.15, 0.2) is 23.9 Å². The summed E-state index contributed by atoms with van der Waals surface area (Å²) in [5.74, 6) is -0.957. The number of nitrogens with one attached hydrogen (secondary N) is 1. The highest BCUT2D eigenvalue weighted by Crippen LogP contribution is 1.96. The minimum atomic E-state index is -0.957. The molecule has 0 atom stereocenters. The van der Waals surface area contributed by atoms with E-state index in [1.807, 2.05) is 0 Å². The number of aliphatic carboxylic acids is 1. The van der Waals surface area contributed by atoms with Gasteiger partial charge in [-0.15, -0.1) is 0 Å². The van der Waals surface area contributed by atoms with Gasteiger partial charge in [-0.1, -0.05) is 0 Å². The van der Waals surface area contributed by atoms with Crippen molar-refractivity contribution in [2.24, 2.45) is 0 Å². The maximum absolute atomic E-state index is 10.3. The molecule has 0 radical (unpaired) electrons. The molecule has 0 spiro atoms. The lowest BCUT2D eigenvalue weighted by Gasteiger charge is -2.04. The number of rotatable bonds is 1. The summed E-state index contributed by atoms with van der Waals surface area (Å²) in [7, 11) is 0. The summed E-state index contributed by atoms with van der Waals surface area (Å²) in [6.45, 7) is 0.159. The second-order valence-corrected chi connectivity index (χ2v) is 1.68. The van der Waals surface area contributed by atoms with Crippen molar-refractivity contribution in [1.29, 1.82) is 0 Å². The Hall–Kier alpha value is -1.25. The SMILES string of the molecule is [2H]N1C=CC=C(C(=O)O)C1. The van der Waals surface area contributed by atoms with E-state index in [1.54, 1.807) is 6.08 Å². The molecule has 0 aromatic rings. The van der Waals surface area contributed by atoms with E-state index in [4.69, 9.17) is 6.52 Å². The molecule has 9 heavy (non-hydrogen) atoms. The summed E-state index contributed by atoms with van der Waals surface area (Å²) in [4.78, 5) is 10.3. The van der Waals surface area contributed by atoms with Gasteiger partial charge >= 0.3 is 5.97 Å². The monoisotopic (exact) mass is 126 g/mol. The standard InChI is InChI=1S/C6H7NO2/c8-6(9)5-2-1-3-7-4-5/h1-3,7H,4H2,(H,8,9)/i/hD. The summed E-state index contributed by atoms with van der Waals surface area (Å²) in [6, 6.07) is 0. The smallest absolute Gasteiger partial charge is 0.333 e. The zero-order chi connectivity index (χ0) is 7.56. The third-order valence-corrected chi connectivity index (χ3v) is 1.03. The van der Waals surface area contributed by atoms with Crippen LogP contribution in [-0.2, 0) is 4.79 Å². The molecule has 3 heteroatoms. The van der Waals surface area contributed by atoms with Gasteiger partial charge in [0.2, 0.25) is 0 Å². The molecular weight excluding hydrogens is 118 g/mol. The van der Waals surface area contributed by atoms with Crippen molar-refractivity contribution in [2.75, 3.05) is 6.54 Å². The second-order valence-electron chi connectivity index (χ2n) is 1.68. The summed E-state index contributed by atoms with van der Waals surface area (Å²) in [5.41, 5.74) is 0.248. The number of carboxylic acids is 1. The van der Waals surface area contributed by atoms with Crippen LogP contribution in [0, 0.1) is 0 Å². The Labute approximate surface area is 54.1 Å². The highest BCUT2D eigenvalue weighted by molar-refractivity contribution is 5.87. The van der Waals surface area contributed by atoms with Gasteiger partial charge in [0.15, 0.2) is 1.41 Å². The van der Waals surface area contributed by atoms with E-state index in [0.29, 0.717) is 0 Å². The van der Waals surface area contributed by atoms with Gasteiger partial charge in [-0.05, 0) is 18.4 Å². The molecule has 0 saturated heterocycles. The van der Waals surface area contributed by atoms with Crippen LogP contribution in [0.4, 0.5) is 0 Å². The number of carbonyl (C=O) groups is 1. The average Bonchev–Trinajstić information content (AvgIpc) is 1.88. The quantitative estimate of drug-likeness (QED) is 0.524. The molecule has 0 bridgehead atoms. The molecule has 1 rings (SSSR count). The van der Waals surface area contributed by atoms with Gasteiger partial charge in [-0.2, -0.15) is 0 Å². The minimum absolute atomic E-state index is 0.159. The van der Waals surface area contributed by atoms with E-state index in [2.05, 4.69) is 0 Å². The molecule has 0 amide bonds. The lowest BCUT2D eigenvalue weighted by molar-refractivity contribution is -0.132. The van der Waals surface area contributed by atoms with Gasteiger partial charge in [0.25, 0.3) is 0 Å². The molecule has 1 aliphatic rings. The van der Waals surface area contributed by atoms with Gasteiger partial charge in [0.1, 0.15) is 0 Å². The van der Waals surface area contributed by atoms with Gasteiger partial charge in [0, 0.05) is 6.54 Å². The predicted molar refractivity (Wildman–Crippen MR) is 32.9 cm³/mol. The number of hydrogen-bond acceptors (Lipinski definition) is 2. The number of dihydropyridines is 1. The Morgan fingerprint density at radius 1 is 2.00 bits per heavy atom. The molecule has 3 nitrogen and oxygen atoms in total. The first-order valence-corrected chi connectivity index (χ1v) is 2.56. The van der Waals surface area contributed by atoms with E-state index in [-0.39, 0.29) is 12.1 Å². The lowest BCUT2D eigenvalue weighted by atomic mass is 10.2. The van der Waals surface area contributed by atoms with Crippen LogP contribution in [0.3, 0.4) is 0 Å². The van der Waals surface area contributed by atoms with Crippen molar-refractivity contribution in [2.45, 2.75) is 0 Å². The van der Waals surface area contributed by atoms with E-state index < -0.39 is 5.97 Å². The van der Waals surface area contributed by atoms with E-state index in [9.17, 15) is 4.79 Å². The zero-order valence-corrected chi connectivity index (χ0v) is 4.74. The van der Waals surface area contributed by atoms with Crippen molar-refractivity contribution < 1.29 is 11.3 Å².